The Morgan fingerprint density at radius 1 is 1.19 bits per heavy atom. The molecule has 2 nitrogen and oxygen atoms in total. The van der Waals surface area contributed by atoms with Crippen molar-refractivity contribution in [1.82, 2.24) is 4.90 Å². The summed E-state index contributed by atoms with van der Waals surface area (Å²) >= 11 is 0. The molecule has 0 bridgehead atoms. The Kier molecular flexibility index (Phi) is 4.94. The normalized spacial score (nSPS) is 19.7. The number of aryl methyl sites for hydroxylation is 2. The Labute approximate surface area is 124 Å². The summed E-state index contributed by atoms with van der Waals surface area (Å²) < 4.78 is 37.9. The van der Waals surface area contributed by atoms with Gasteiger partial charge in [0.05, 0.1) is 5.92 Å². The summed E-state index contributed by atoms with van der Waals surface area (Å²) in [5, 5.41) is 0. The summed E-state index contributed by atoms with van der Waals surface area (Å²) in [7, 11) is 0. The van der Waals surface area contributed by atoms with Crippen molar-refractivity contribution in [3.05, 3.63) is 34.9 Å². The van der Waals surface area contributed by atoms with E-state index in [0.717, 1.165) is 5.56 Å². The van der Waals surface area contributed by atoms with Gasteiger partial charge in [-0.1, -0.05) is 18.2 Å². The molecule has 1 atom stereocenters. The van der Waals surface area contributed by atoms with Crippen molar-refractivity contribution >= 4 is 0 Å². The van der Waals surface area contributed by atoms with Gasteiger partial charge < -0.3 is 10.6 Å². The van der Waals surface area contributed by atoms with E-state index in [1.165, 1.54) is 11.1 Å². The highest BCUT2D eigenvalue weighted by molar-refractivity contribution is 5.31. The van der Waals surface area contributed by atoms with Crippen LogP contribution in [0.1, 0.15) is 35.6 Å². The van der Waals surface area contributed by atoms with Crippen molar-refractivity contribution in [3.63, 3.8) is 0 Å². The lowest BCUT2D eigenvalue weighted by Crippen LogP contribution is -2.41. The second kappa shape index (κ2) is 6.36. The van der Waals surface area contributed by atoms with Gasteiger partial charge in [0.15, 0.2) is 0 Å². The number of piperidine rings is 1. The molecule has 1 fully saturated rings. The first-order valence-electron chi connectivity index (χ1n) is 7.39. The molecule has 1 saturated heterocycles. The molecule has 1 heterocycles. The molecule has 118 valence electrons. The topological polar surface area (TPSA) is 29.3 Å². The van der Waals surface area contributed by atoms with Crippen LogP contribution in [0.5, 0.6) is 0 Å². The van der Waals surface area contributed by atoms with Crippen LogP contribution in [0.4, 0.5) is 13.2 Å². The van der Waals surface area contributed by atoms with Crippen LogP contribution in [-0.2, 0) is 0 Å². The minimum Gasteiger partial charge on any atom is -0.323 e. The van der Waals surface area contributed by atoms with Crippen LogP contribution in [0, 0.1) is 19.8 Å². The highest BCUT2D eigenvalue weighted by Gasteiger charge is 2.41. The van der Waals surface area contributed by atoms with Gasteiger partial charge in [0, 0.05) is 12.6 Å². The Morgan fingerprint density at radius 2 is 1.81 bits per heavy atom. The maximum Gasteiger partial charge on any atom is 0.391 e. The van der Waals surface area contributed by atoms with Crippen molar-refractivity contribution in [2.75, 3.05) is 19.6 Å². The number of alkyl halides is 3. The van der Waals surface area contributed by atoms with Gasteiger partial charge in [-0.3, -0.25) is 0 Å². The Morgan fingerprint density at radius 3 is 2.33 bits per heavy atom. The number of likely N-dealkylation sites (tertiary alicyclic amines) is 1. The molecule has 1 aromatic carbocycles. The molecule has 5 heteroatoms. The molecule has 0 saturated carbocycles. The van der Waals surface area contributed by atoms with Crippen LogP contribution < -0.4 is 5.73 Å². The molecule has 0 amide bonds. The molecule has 0 aliphatic carbocycles. The summed E-state index contributed by atoms with van der Waals surface area (Å²) in [6, 6.07) is 5.98. The summed E-state index contributed by atoms with van der Waals surface area (Å²) in [5.41, 5.74) is 9.67. The zero-order valence-electron chi connectivity index (χ0n) is 12.6. The van der Waals surface area contributed by atoms with Gasteiger partial charge in [0.2, 0.25) is 0 Å². The lowest BCUT2D eigenvalue weighted by molar-refractivity contribution is -0.185. The number of nitrogens with zero attached hydrogens (tertiary/aromatic N) is 1. The van der Waals surface area contributed by atoms with Gasteiger partial charge in [0.25, 0.3) is 0 Å². The number of rotatable bonds is 3. The van der Waals surface area contributed by atoms with Gasteiger partial charge in [-0.2, -0.15) is 13.2 Å². The summed E-state index contributed by atoms with van der Waals surface area (Å²) in [4.78, 5) is 2.04. The van der Waals surface area contributed by atoms with Gasteiger partial charge in [-0.25, -0.2) is 0 Å². The maximum atomic E-state index is 12.6. The molecule has 2 N–H and O–H groups in total. The largest absolute Gasteiger partial charge is 0.391 e. The average Bonchev–Trinajstić information content (AvgIpc) is 2.41. The Hall–Kier alpha value is -1.07. The molecule has 1 aliphatic rings. The first kappa shape index (κ1) is 16.3. The molecular formula is C16H23F3N2. The quantitative estimate of drug-likeness (QED) is 0.924. The van der Waals surface area contributed by atoms with E-state index in [0.29, 0.717) is 19.6 Å². The minimum absolute atomic E-state index is 0.147. The predicted molar refractivity (Wildman–Crippen MR) is 78.1 cm³/mol. The fourth-order valence-electron chi connectivity index (χ4n) is 2.82. The summed E-state index contributed by atoms with van der Waals surface area (Å²) in [6.07, 6.45) is -3.69. The van der Waals surface area contributed by atoms with E-state index < -0.39 is 12.1 Å². The third kappa shape index (κ3) is 4.20. The third-order valence-electron chi connectivity index (χ3n) is 4.46. The van der Waals surface area contributed by atoms with Gasteiger partial charge in [0.1, 0.15) is 0 Å². The molecule has 0 aromatic heterocycles. The first-order chi connectivity index (χ1) is 9.77. The lowest BCUT2D eigenvalue weighted by Gasteiger charge is -2.34. The number of halogens is 3. The second-order valence-corrected chi connectivity index (χ2v) is 6.07. The number of nitrogens with two attached hydrogens (primary N) is 1. The van der Waals surface area contributed by atoms with Crippen LogP contribution in [0.25, 0.3) is 0 Å². The highest BCUT2D eigenvalue weighted by Crippen LogP contribution is 2.34. The van der Waals surface area contributed by atoms with E-state index in [1.807, 2.05) is 30.9 Å². The third-order valence-corrected chi connectivity index (χ3v) is 4.46. The van der Waals surface area contributed by atoms with Crippen molar-refractivity contribution in [2.24, 2.45) is 11.7 Å². The zero-order valence-corrected chi connectivity index (χ0v) is 12.6. The predicted octanol–water partition coefficient (Wildman–Crippen LogP) is 3.58. The molecule has 1 aromatic rings. The smallest absolute Gasteiger partial charge is 0.323 e. The molecular weight excluding hydrogens is 277 g/mol. The van der Waals surface area contributed by atoms with Crippen LogP contribution in [-0.4, -0.2) is 30.7 Å². The Balaban J connectivity index is 1.89. The SMILES string of the molecule is Cc1ccc(C(N)CN2CCC(C(F)(F)F)CC2)cc1C. The number of hydrogen-bond donors (Lipinski definition) is 1. The molecule has 2 rings (SSSR count). The number of benzene rings is 1. The molecule has 1 unspecified atom stereocenters. The molecule has 1 aliphatic heterocycles. The van der Waals surface area contributed by atoms with Crippen molar-refractivity contribution in [3.8, 4) is 0 Å². The van der Waals surface area contributed by atoms with Gasteiger partial charge >= 0.3 is 6.18 Å². The average molecular weight is 300 g/mol. The highest BCUT2D eigenvalue weighted by atomic mass is 19.4. The first-order valence-corrected chi connectivity index (χ1v) is 7.39. The van der Waals surface area contributed by atoms with Gasteiger partial charge in [-0.15, -0.1) is 0 Å². The standard InChI is InChI=1S/C16H23F3N2/c1-11-3-4-13(9-12(11)2)15(20)10-21-7-5-14(6-8-21)16(17,18)19/h3-4,9,14-15H,5-8,10,20H2,1-2H3. The van der Waals surface area contributed by atoms with E-state index in [-0.39, 0.29) is 18.9 Å². The van der Waals surface area contributed by atoms with E-state index >= 15 is 0 Å². The van der Waals surface area contributed by atoms with Crippen LogP contribution in [0.15, 0.2) is 18.2 Å². The van der Waals surface area contributed by atoms with E-state index in [9.17, 15) is 13.2 Å². The minimum atomic E-state index is -4.05. The second-order valence-electron chi connectivity index (χ2n) is 6.07. The molecule has 21 heavy (non-hydrogen) atoms. The summed E-state index contributed by atoms with van der Waals surface area (Å²) in [6.45, 7) is 5.66. The monoisotopic (exact) mass is 300 g/mol. The fourth-order valence-corrected chi connectivity index (χ4v) is 2.82. The fraction of sp³-hybridized carbons (Fsp3) is 0.625. The van der Waals surface area contributed by atoms with Gasteiger partial charge in [-0.05, 0) is 56.5 Å². The zero-order chi connectivity index (χ0) is 15.6. The number of hydrogen-bond acceptors (Lipinski definition) is 2. The lowest BCUT2D eigenvalue weighted by atomic mass is 9.95. The van der Waals surface area contributed by atoms with Crippen molar-refractivity contribution in [2.45, 2.75) is 38.9 Å². The van der Waals surface area contributed by atoms with Crippen LogP contribution >= 0.6 is 0 Å². The van der Waals surface area contributed by atoms with Crippen LogP contribution in [0.3, 0.4) is 0 Å². The van der Waals surface area contributed by atoms with E-state index in [1.54, 1.807) is 0 Å². The van der Waals surface area contributed by atoms with Crippen molar-refractivity contribution in [1.29, 1.82) is 0 Å². The van der Waals surface area contributed by atoms with E-state index in [2.05, 4.69) is 6.07 Å². The van der Waals surface area contributed by atoms with Crippen molar-refractivity contribution < 1.29 is 13.2 Å². The summed E-state index contributed by atoms with van der Waals surface area (Å²) in [5.74, 6) is -1.15. The molecule has 0 spiro atoms. The van der Waals surface area contributed by atoms with E-state index in [4.69, 9.17) is 5.73 Å². The van der Waals surface area contributed by atoms with Crippen LogP contribution in [0.2, 0.25) is 0 Å². The maximum absolute atomic E-state index is 12.6. The molecule has 0 radical (unpaired) electrons. The Bertz CT molecular complexity index is 477.